The molecule has 1 saturated heterocycles. The number of carbonyl (C=O) groups excluding carboxylic acids is 1. The van der Waals surface area contributed by atoms with Gasteiger partial charge in [0, 0.05) is 31.8 Å². The van der Waals surface area contributed by atoms with E-state index in [1.807, 2.05) is 11.9 Å². The van der Waals surface area contributed by atoms with E-state index in [2.05, 4.69) is 10.6 Å². The zero-order valence-electron chi connectivity index (χ0n) is 12.3. The molecule has 1 heterocycles. The van der Waals surface area contributed by atoms with Crippen molar-refractivity contribution in [2.24, 2.45) is 5.92 Å². The first-order valence-electron chi connectivity index (χ1n) is 6.97. The minimum Gasteiger partial charge on any atom is -0.366 e. The zero-order chi connectivity index (χ0) is 15.4. The summed E-state index contributed by atoms with van der Waals surface area (Å²) in [5.41, 5.74) is 1.02. The van der Waals surface area contributed by atoms with Crippen molar-refractivity contribution in [2.45, 2.75) is 6.42 Å². The minimum atomic E-state index is -0.394. The van der Waals surface area contributed by atoms with E-state index in [0.29, 0.717) is 17.2 Å². The first-order valence-corrected chi connectivity index (χ1v) is 6.97. The summed E-state index contributed by atoms with van der Waals surface area (Å²) >= 11 is 0. The zero-order valence-corrected chi connectivity index (χ0v) is 12.3. The third-order valence-electron chi connectivity index (χ3n) is 3.78. The maximum Gasteiger partial charge on any atom is 0.292 e. The molecule has 1 aromatic carbocycles. The summed E-state index contributed by atoms with van der Waals surface area (Å²) in [5.74, 6) is 0.232. The van der Waals surface area contributed by atoms with E-state index in [0.717, 1.165) is 26.1 Å². The van der Waals surface area contributed by atoms with Crippen LogP contribution in [0.3, 0.4) is 0 Å². The Balaban J connectivity index is 2.31. The summed E-state index contributed by atoms with van der Waals surface area (Å²) in [6.45, 7) is 2.42. The van der Waals surface area contributed by atoms with Gasteiger partial charge >= 0.3 is 0 Å². The molecule has 7 nitrogen and oxygen atoms in total. The molecule has 0 bridgehead atoms. The Kier molecular flexibility index (Phi) is 4.74. The van der Waals surface area contributed by atoms with Crippen molar-refractivity contribution < 1.29 is 9.72 Å². The van der Waals surface area contributed by atoms with Crippen molar-refractivity contribution in [3.63, 3.8) is 0 Å². The molecule has 1 aliphatic rings. The van der Waals surface area contributed by atoms with E-state index in [4.69, 9.17) is 0 Å². The van der Waals surface area contributed by atoms with Crippen LogP contribution in [0.15, 0.2) is 18.2 Å². The van der Waals surface area contributed by atoms with Crippen molar-refractivity contribution in [1.29, 1.82) is 0 Å². The van der Waals surface area contributed by atoms with Gasteiger partial charge in [0.2, 0.25) is 0 Å². The average Bonchev–Trinajstić information content (AvgIpc) is 2.94. The van der Waals surface area contributed by atoms with Crippen molar-refractivity contribution in [3.05, 3.63) is 33.9 Å². The van der Waals surface area contributed by atoms with Gasteiger partial charge in [-0.25, -0.2) is 0 Å². The largest absolute Gasteiger partial charge is 0.366 e. The fraction of sp³-hybridized carbons (Fsp3) is 0.500. The van der Waals surface area contributed by atoms with Crippen molar-refractivity contribution in [2.75, 3.05) is 38.6 Å². The predicted molar refractivity (Wildman–Crippen MR) is 80.7 cm³/mol. The molecule has 7 heteroatoms. The Morgan fingerprint density at radius 1 is 1.48 bits per heavy atom. The van der Waals surface area contributed by atoms with Crippen LogP contribution in [0.1, 0.15) is 16.8 Å². The molecule has 1 unspecified atom stereocenters. The fourth-order valence-electron chi connectivity index (χ4n) is 2.72. The fourth-order valence-corrected chi connectivity index (χ4v) is 2.72. The molecule has 114 valence electrons. The molecule has 0 radical (unpaired) electrons. The third-order valence-corrected chi connectivity index (χ3v) is 3.78. The molecule has 1 amide bonds. The maximum atomic E-state index is 11.7. The number of nitrogens with zero attached hydrogens (tertiary/aromatic N) is 2. The molecule has 0 saturated carbocycles. The summed E-state index contributed by atoms with van der Waals surface area (Å²) in [6, 6.07) is 4.51. The number of carbonyl (C=O) groups is 1. The summed E-state index contributed by atoms with van der Waals surface area (Å²) < 4.78 is 0. The third kappa shape index (κ3) is 3.30. The second-order valence-electron chi connectivity index (χ2n) is 5.20. The first kappa shape index (κ1) is 15.2. The van der Waals surface area contributed by atoms with E-state index in [1.54, 1.807) is 13.1 Å². The maximum absolute atomic E-state index is 11.7. The van der Waals surface area contributed by atoms with Crippen LogP contribution in [-0.4, -0.2) is 44.6 Å². The second-order valence-corrected chi connectivity index (χ2v) is 5.20. The van der Waals surface area contributed by atoms with Gasteiger partial charge in [0.05, 0.1) is 4.92 Å². The van der Waals surface area contributed by atoms with E-state index in [-0.39, 0.29) is 11.6 Å². The van der Waals surface area contributed by atoms with Crippen molar-refractivity contribution in [1.82, 2.24) is 10.6 Å². The van der Waals surface area contributed by atoms with Crippen LogP contribution in [0.4, 0.5) is 11.4 Å². The normalized spacial score (nSPS) is 17.8. The van der Waals surface area contributed by atoms with Crippen LogP contribution in [0.5, 0.6) is 0 Å². The first-order chi connectivity index (χ1) is 10.1. The highest BCUT2D eigenvalue weighted by atomic mass is 16.6. The quantitative estimate of drug-likeness (QED) is 0.624. The summed E-state index contributed by atoms with van der Waals surface area (Å²) in [6.07, 6.45) is 0.988. The molecule has 2 rings (SSSR count). The SMILES string of the molecule is CNCC1CCN(c2cc(C(=O)NC)ccc2[N+](=O)[O-])C1. The van der Waals surface area contributed by atoms with Gasteiger partial charge in [-0.15, -0.1) is 0 Å². The number of anilines is 1. The molecule has 0 aliphatic carbocycles. The van der Waals surface area contributed by atoms with Gasteiger partial charge in [0.15, 0.2) is 0 Å². The van der Waals surface area contributed by atoms with Gasteiger partial charge in [-0.2, -0.15) is 0 Å². The lowest BCUT2D eigenvalue weighted by Crippen LogP contribution is -2.25. The lowest BCUT2D eigenvalue weighted by molar-refractivity contribution is -0.384. The van der Waals surface area contributed by atoms with Gasteiger partial charge in [-0.3, -0.25) is 14.9 Å². The highest BCUT2D eigenvalue weighted by Gasteiger charge is 2.28. The number of hydrogen-bond donors (Lipinski definition) is 2. The highest BCUT2D eigenvalue weighted by Crippen LogP contribution is 2.33. The molecule has 1 aromatic rings. The van der Waals surface area contributed by atoms with Crippen LogP contribution in [0, 0.1) is 16.0 Å². The molecule has 1 aliphatic heterocycles. The summed E-state index contributed by atoms with van der Waals surface area (Å²) in [7, 11) is 3.44. The molecule has 0 aromatic heterocycles. The lowest BCUT2D eigenvalue weighted by atomic mass is 10.1. The Labute approximate surface area is 123 Å². The Hall–Kier alpha value is -2.15. The van der Waals surface area contributed by atoms with Gasteiger partial charge < -0.3 is 15.5 Å². The number of nitro groups is 1. The standard InChI is InChI=1S/C14H20N4O3/c1-15-8-10-5-6-17(9-10)13-7-11(14(19)16-2)3-4-12(13)18(20)21/h3-4,7,10,15H,5-6,8-9H2,1-2H3,(H,16,19). The highest BCUT2D eigenvalue weighted by molar-refractivity contribution is 5.95. The monoisotopic (exact) mass is 292 g/mol. The summed E-state index contributed by atoms with van der Waals surface area (Å²) in [4.78, 5) is 24.5. The molecule has 1 atom stereocenters. The van der Waals surface area contributed by atoms with E-state index < -0.39 is 4.92 Å². The van der Waals surface area contributed by atoms with E-state index in [9.17, 15) is 14.9 Å². The molecule has 1 fully saturated rings. The number of hydrogen-bond acceptors (Lipinski definition) is 5. The summed E-state index contributed by atoms with van der Waals surface area (Å²) in [5, 5.41) is 16.9. The van der Waals surface area contributed by atoms with Gasteiger partial charge in [0.25, 0.3) is 11.6 Å². The van der Waals surface area contributed by atoms with Gasteiger partial charge in [-0.05, 0) is 38.1 Å². The lowest BCUT2D eigenvalue weighted by Gasteiger charge is -2.19. The number of benzene rings is 1. The minimum absolute atomic E-state index is 0.0489. The van der Waals surface area contributed by atoms with Crippen LogP contribution in [-0.2, 0) is 0 Å². The van der Waals surface area contributed by atoms with Gasteiger partial charge in [0.1, 0.15) is 5.69 Å². The Morgan fingerprint density at radius 2 is 2.24 bits per heavy atom. The number of nitrogens with one attached hydrogen (secondary N) is 2. The van der Waals surface area contributed by atoms with E-state index in [1.165, 1.54) is 12.1 Å². The molecule has 21 heavy (non-hydrogen) atoms. The molecular weight excluding hydrogens is 272 g/mol. The number of nitro benzene ring substituents is 1. The predicted octanol–water partition coefficient (Wildman–Crippen LogP) is 1.00. The van der Waals surface area contributed by atoms with Crippen LogP contribution in [0.25, 0.3) is 0 Å². The van der Waals surface area contributed by atoms with Crippen molar-refractivity contribution >= 4 is 17.3 Å². The number of amides is 1. The Morgan fingerprint density at radius 3 is 2.86 bits per heavy atom. The van der Waals surface area contributed by atoms with Crippen LogP contribution in [0.2, 0.25) is 0 Å². The number of rotatable bonds is 5. The van der Waals surface area contributed by atoms with Crippen molar-refractivity contribution in [3.8, 4) is 0 Å². The average molecular weight is 292 g/mol. The second kappa shape index (κ2) is 6.53. The Bertz CT molecular complexity index is 547. The smallest absolute Gasteiger partial charge is 0.292 e. The van der Waals surface area contributed by atoms with Crippen LogP contribution >= 0.6 is 0 Å². The van der Waals surface area contributed by atoms with E-state index >= 15 is 0 Å². The topological polar surface area (TPSA) is 87.5 Å². The van der Waals surface area contributed by atoms with Gasteiger partial charge in [-0.1, -0.05) is 0 Å². The molecule has 2 N–H and O–H groups in total. The molecule has 0 spiro atoms. The molecular formula is C14H20N4O3. The van der Waals surface area contributed by atoms with Crippen LogP contribution < -0.4 is 15.5 Å².